The van der Waals surface area contributed by atoms with Crippen LogP contribution in [-0.2, 0) is 6.42 Å². The van der Waals surface area contributed by atoms with Crippen LogP contribution in [0.3, 0.4) is 0 Å². The van der Waals surface area contributed by atoms with E-state index in [0.29, 0.717) is 11.6 Å². The molecule has 0 aliphatic carbocycles. The Morgan fingerprint density at radius 1 is 1.15 bits per heavy atom. The van der Waals surface area contributed by atoms with E-state index in [2.05, 4.69) is 6.07 Å². The summed E-state index contributed by atoms with van der Waals surface area (Å²) in [5.74, 6) is 0. The summed E-state index contributed by atoms with van der Waals surface area (Å²) in [7, 11) is 0. The van der Waals surface area contributed by atoms with Gasteiger partial charge in [-0.2, -0.15) is 0 Å². The van der Waals surface area contributed by atoms with Crippen LogP contribution in [0.5, 0.6) is 0 Å². The zero-order valence-electron chi connectivity index (χ0n) is 10.8. The quantitative estimate of drug-likeness (QED) is 0.862. The second kappa shape index (κ2) is 5.17. The summed E-state index contributed by atoms with van der Waals surface area (Å²) in [6.45, 7) is 0.514. The van der Waals surface area contributed by atoms with E-state index >= 15 is 0 Å². The van der Waals surface area contributed by atoms with E-state index in [4.69, 9.17) is 11.6 Å². The number of benzene rings is 2. The highest BCUT2D eigenvalue weighted by Gasteiger charge is 2.31. The van der Waals surface area contributed by atoms with Crippen molar-refractivity contribution in [3.05, 3.63) is 70.2 Å². The van der Waals surface area contributed by atoms with Gasteiger partial charge in [0.25, 0.3) is 0 Å². The van der Waals surface area contributed by atoms with E-state index in [9.17, 15) is 9.90 Å². The largest absolute Gasteiger partial charge is 0.465 e. The van der Waals surface area contributed by atoms with E-state index in [-0.39, 0.29) is 6.04 Å². The van der Waals surface area contributed by atoms with Crippen LogP contribution in [0.15, 0.2) is 48.5 Å². The molecule has 2 aromatic carbocycles. The Morgan fingerprint density at radius 2 is 1.85 bits per heavy atom. The van der Waals surface area contributed by atoms with Crippen molar-refractivity contribution in [1.29, 1.82) is 0 Å². The molecule has 2 aromatic rings. The Kier molecular flexibility index (Phi) is 3.36. The number of hydrogen-bond acceptors (Lipinski definition) is 1. The van der Waals surface area contributed by atoms with Gasteiger partial charge in [0.1, 0.15) is 0 Å². The van der Waals surface area contributed by atoms with Crippen molar-refractivity contribution in [2.75, 3.05) is 6.54 Å². The van der Waals surface area contributed by atoms with Gasteiger partial charge in [0.15, 0.2) is 0 Å². The fourth-order valence-electron chi connectivity index (χ4n) is 2.78. The maximum atomic E-state index is 11.5. The number of fused-ring (bicyclic) bond motifs is 1. The first kappa shape index (κ1) is 13.0. The SMILES string of the molecule is O=C(O)N1CCc2ccccc2C1c1ccc(Cl)cc1. The average Bonchev–Trinajstić information content (AvgIpc) is 2.47. The molecule has 0 aromatic heterocycles. The van der Waals surface area contributed by atoms with Gasteiger partial charge in [-0.25, -0.2) is 4.79 Å². The third kappa shape index (κ3) is 2.25. The minimum Gasteiger partial charge on any atom is -0.465 e. The minimum atomic E-state index is -0.889. The van der Waals surface area contributed by atoms with Crippen LogP contribution in [0.4, 0.5) is 4.79 Å². The number of rotatable bonds is 1. The molecule has 1 aliphatic heterocycles. The number of carbonyl (C=O) groups is 1. The van der Waals surface area contributed by atoms with Gasteiger partial charge in [-0.3, -0.25) is 4.90 Å². The maximum Gasteiger partial charge on any atom is 0.408 e. The summed E-state index contributed by atoms with van der Waals surface area (Å²) in [6, 6.07) is 15.1. The molecule has 102 valence electrons. The number of nitrogens with zero attached hydrogens (tertiary/aromatic N) is 1. The first-order chi connectivity index (χ1) is 9.66. The van der Waals surface area contributed by atoms with Crippen LogP contribution in [0.2, 0.25) is 5.02 Å². The van der Waals surface area contributed by atoms with Crippen molar-refractivity contribution < 1.29 is 9.90 Å². The molecule has 1 atom stereocenters. The Balaban J connectivity index is 2.11. The lowest BCUT2D eigenvalue weighted by molar-refractivity contribution is 0.129. The second-order valence-electron chi connectivity index (χ2n) is 4.88. The molecule has 4 heteroatoms. The third-order valence-corrected chi connectivity index (χ3v) is 3.97. The molecule has 0 saturated heterocycles. The summed E-state index contributed by atoms with van der Waals surface area (Å²) in [5, 5.41) is 10.1. The van der Waals surface area contributed by atoms with Crippen molar-refractivity contribution in [3.63, 3.8) is 0 Å². The standard InChI is InChI=1S/C16H14ClNO2/c17-13-7-5-12(6-8-13)15-14-4-2-1-3-11(14)9-10-18(15)16(19)20/h1-8,15H,9-10H2,(H,19,20). The maximum absolute atomic E-state index is 11.5. The Labute approximate surface area is 122 Å². The highest BCUT2D eigenvalue weighted by molar-refractivity contribution is 6.30. The van der Waals surface area contributed by atoms with Crippen molar-refractivity contribution in [1.82, 2.24) is 4.90 Å². The number of carboxylic acid groups (broad SMARTS) is 1. The molecule has 0 fully saturated rings. The molecule has 3 nitrogen and oxygen atoms in total. The molecule has 0 saturated carbocycles. The van der Waals surface area contributed by atoms with Gasteiger partial charge in [0.05, 0.1) is 6.04 Å². The highest BCUT2D eigenvalue weighted by atomic mass is 35.5. The summed E-state index contributed by atoms with van der Waals surface area (Å²) < 4.78 is 0. The Morgan fingerprint density at radius 3 is 2.55 bits per heavy atom. The lowest BCUT2D eigenvalue weighted by atomic mass is 9.88. The monoisotopic (exact) mass is 287 g/mol. The zero-order chi connectivity index (χ0) is 14.1. The molecular formula is C16H14ClNO2. The molecule has 0 bridgehead atoms. The lowest BCUT2D eigenvalue weighted by Crippen LogP contribution is -2.39. The number of hydrogen-bond donors (Lipinski definition) is 1. The zero-order valence-corrected chi connectivity index (χ0v) is 11.5. The Bertz CT molecular complexity index is 639. The molecule has 3 rings (SSSR count). The fourth-order valence-corrected chi connectivity index (χ4v) is 2.90. The van der Waals surface area contributed by atoms with E-state index in [0.717, 1.165) is 17.5 Å². The Hall–Kier alpha value is -2.00. The van der Waals surface area contributed by atoms with Crippen LogP contribution < -0.4 is 0 Å². The number of halogens is 1. The summed E-state index contributed by atoms with van der Waals surface area (Å²) in [4.78, 5) is 13.0. The third-order valence-electron chi connectivity index (χ3n) is 3.71. The summed E-state index contributed by atoms with van der Waals surface area (Å²) in [6.07, 6.45) is -0.133. The van der Waals surface area contributed by atoms with E-state index < -0.39 is 6.09 Å². The minimum absolute atomic E-state index is 0.255. The van der Waals surface area contributed by atoms with Crippen LogP contribution in [0.1, 0.15) is 22.7 Å². The fraction of sp³-hybridized carbons (Fsp3) is 0.188. The van der Waals surface area contributed by atoms with E-state index in [1.54, 1.807) is 12.1 Å². The number of amides is 1. The summed E-state index contributed by atoms with van der Waals surface area (Å²) in [5.41, 5.74) is 3.22. The molecule has 1 amide bonds. The molecule has 1 N–H and O–H groups in total. The molecule has 1 aliphatic rings. The molecule has 0 radical (unpaired) electrons. The van der Waals surface area contributed by atoms with Gasteiger partial charge < -0.3 is 5.11 Å². The predicted octanol–water partition coefficient (Wildman–Crippen LogP) is 3.97. The molecule has 1 heterocycles. The van der Waals surface area contributed by atoms with Crippen LogP contribution in [0.25, 0.3) is 0 Å². The van der Waals surface area contributed by atoms with E-state index in [1.165, 1.54) is 10.5 Å². The van der Waals surface area contributed by atoms with Gasteiger partial charge in [-0.15, -0.1) is 0 Å². The van der Waals surface area contributed by atoms with Gasteiger partial charge in [-0.05, 0) is 35.2 Å². The van der Waals surface area contributed by atoms with Crippen LogP contribution in [-0.4, -0.2) is 22.6 Å². The van der Waals surface area contributed by atoms with Crippen molar-refractivity contribution >= 4 is 17.7 Å². The van der Waals surface area contributed by atoms with Crippen molar-refractivity contribution in [2.45, 2.75) is 12.5 Å². The van der Waals surface area contributed by atoms with Crippen LogP contribution >= 0.6 is 11.6 Å². The van der Waals surface area contributed by atoms with Crippen molar-refractivity contribution in [3.8, 4) is 0 Å². The molecule has 20 heavy (non-hydrogen) atoms. The van der Waals surface area contributed by atoms with Gasteiger partial charge in [0.2, 0.25) is 0 Å². The first-order valence-corrected chi connectivity index (χ1v) is 6.87. The highest BCUT2D eigenvalue weighted by Crippen LogP contribution is 2.35. The second-order valence-corrected chi connectivity index (χ2v) is 5.32. The normalized spacial score (nSPS) is 17.6. The predicted molar refractivity (Wildman–Crippen MR) is 78.2 cm³/mol. The summed E-state index contributed by atoms with van der Waals surface area (Å²) >= 11 is 5.92. The average molecular weight is 288 g/mol. The van der Waals surface area contributed by atoms with Crippen molar-refractivity contribution in [2.24, 2.45) is 0 Å². The topological polar surface area (TPSA) is 40.5 Å². The smallest absolute Gasteiger partial charge is 0.408 e. The molecular weight excluding hydrogens is 274 g/mol. The van der Waals surface area contributed by atoms with Gasteiger partial charge >= 0.3 is 6.09 Å². The molecule has 1 unspecified atom stereocenters. The molecule has 0 spiro atoms. The van der Waals surface area contributed by atoms with Gasteiger partial charge in [-0.1, -0.05) is 48.0 Å². The van der Waals surface area contributed by atoms with Crippen LogP contribution in [0, 0.1) is 0 Å². The first-order valence-electron chi connectivity index (χ1n) is 6.49. The lowest BCUT2D eigenvalue weighted by Gasteiger charge is -2.35. The van der Waals surface area contributed by atoms with E-state index in [1.807, 2.05) is 30.3 Å². The van der Waals surface area contributed by atoms with Gasteiger partial charge in [0, 0.05) is 11.6 Å².